The van der Waals surface area contributed by atoms with Gasteiger partial charge in [-0.15, -0.1) is 0 Å². The van der Waals surface area contributed by atoms with E-state index in [1.54, 1.807) is 4.90 Å². The van der Waals surface area contributed by atoms with Crippen LogP contribution in [0.1, 0.15) is 5.56 Å². The van der Waals surface area contributed by atoms with Crippen LogP contribution >= 0.6 is 15.9 Å². The van der Waals surface area contributed by atoms with E-state index in [0.717, 1.165) is 24.1 Å². The molecule has 1 fully saturated rings. The first-order chi connectivity index (χ1) is 10.0. The number of carbonyl (C=O) groups is 1. The molecular formula is C15H21BrN2O3. The maximum absolute atomic E-state index is 10.7. The van der Waals surface area contributed by atoms with Crippen LogP contribution in [0.4, 0.5) is 0 Å². The molecule has 116 valence electrons. The van der Waals surface area contributed by atoms with Crippen molar-refractivity contribution in [1.29, 1.82) is 0 Å². The molecule has 0 radical (unpaired) electrons. The van der Waals surface area contributed by atoms with E-state index in [1.165, 1.54) is 5.56 Å². The number of halogens is 1. The Morgan fingerprint density at radius 2 is 2.29 bits per heavy atom. The van der Waals surface area contributed by atoms with Gasteiger partial charge in [0.2, 0.25) is 0 Å². The highest BCUT2D eigenvalue weighted by Gasteiger charge is 2.22. The molecule has 0 spiro atoms. The topological polar surface area (TPSA) is 53.0 Å². The average Bonchev–Trinajstić information content (AvgIpc) is 2.41. The highest BCUT2D eigenvalue weighted by atomic mass is 79.9. The van der Waals surface area contributed by atoms with Gasteiger partial charge in [0.15, 0.2) is 0 Å². The van der Waals surface area contributed by atoms with Crippen LogP contribution in [0, 0.1) is 0 Å². The highest BCUT2D eigenvalue weighted by Crippen LogP contribution is 2.19. The van der Waals surface area contributed by atoms with Crippen LogP contribution in [0.15, 0.2) is 28.7 Å². The summed E-state index contributed by atoms with van der Waals surface area (Å²) in [5, 5.41) is 8.79. The molecule has 2 rings (SSSR count). The van der Waals surface area contributed by atoms with Gasteiger partial charge in [0, 0.05) is 30.7 Å². The molecule has 1 aliphatic heterocycles. The van der Waals surface area contributed by atoms with Gasteiger partial charge < -0.3 is 9.84 Å². The average molecular weight is 357 g/mol. The standard InChI is InChI=1S/C15H21BrN2O3/c1-17(11-15(19)20)9-13-10-18(6-7-21-13)8-12-4-2-3-5-14(12)16/h2-5,13H,6-11H2,1H3,(H,19,20). The number of benzene rings is 1. The van der Waals surface area contributed by atoms with E-state index >= 15 is 0 Å². The van der Waals surface area contributed by atoms with E-state index in [1.807, 2.05) is 25.2 Å². The monoisotopic (exact) mass is 356 g/mol. The number of hydrogen-bond donors (Lipinski definition) is 1. The molecule has 0 saturated carbocycles. The van der Waals surface area contributed by atoms with E-state index in [-0.39, 0.29) is 12.6 Å². The van der Waals surface area contributed by atoms with Crippen molar-refractivity contribution in [2.45, 2.75) is 12.6 Å². The predicted molar refractivity (Wildman–Crippen MR) is 84.3 cm³/mol. The van der Waals surface area contributed by atoms with Crippen LogP contribution in [0.2, 0.25) is 0 Å². The summed E-state index contributed by atoms with van der Waals surface area (Å²) in [5.41, 5.74) is 1.26. The summed E-state index contributed by atoms with van der Waals surface area (Å²) in [6, 6.07) is 8.22. The third kappa shape index (κ3) is 5.39. The summed E-state index contributed by atoms with van der Waals surface area (Å²) in [6.07, 6.45) is 0.0607. The lowest BCUT2D eigenvalue weighted by molar-refractivity contribution is -0.138. The maximum Gasteiger partial charge on any atom is 0.317 e. The number of hydrogen-bond acceptors (Lipinski definition) is 4. The molecule has 1 N–H and O–H groups in total. The molecule has 5 nitrogen and oxygen atoms in total. The van der Waals surface area contributed by atoms with E-state index in [4.69, 9.17) is 9.84 Å². The van der Waals surface area contributed by atoms with Crippen molar-refractivity contribution >= 4 is 21.9 Å². The van der Waals surface area contributed by atoms with Gasteiger partial charge in [-0.1, -0.05) is 34.1 Å². The first-order valence-corrected chi connectivity index (χ1v) is 7.81. The van der Waals surface area contributed by atoms with Crippen LogP contribution in [-0.4, -0.2) is 66.8 Å². The van der Waals surface area contributed by atoms with Gasteiger partial charge in [0.25, 0.3) is 0 Å². The lowest BCUT2D eigenvalue weighted by atomic mass is 10.2. The fourth-order valence-electron chi connectivity index (χ4n) is 2.55. The normalized spacial score (nSPS) is 19.9. The van der Waals surface area contributed by atoms with Crippen molar-refractivity contribution in [3.63, 3.8) is 0 Å². The fourth-order valence-corrected chi connectivity index (χ4v) is 2.96. The van der Waals surface area contributed by atoms with Crippen molar-refractivity contribution in [1.82, 2.24) is 9.80 Å². The minimum Gasteiger partial charge on any atom is -0.480 e. The summed E-state index contributed by atoms with van der Waals surface area (Å²) < 4.78 is 6.86. The van der Waals surface area contributed by atoms with Gasteiger partial charge in [0.1, 0.15) is 0 Å². The Hall–Kier alpha value is -0.950. The lowest BCUT2D eigenvalue weighted by Gasteiger charge is -2.34. The van der Waals surface area contributed by atoms with Crippen LogP contribution < -0.4 is 0 Å². The minimum absolute atomic E-state index is 0.0457. The van der Waals surface area contributed by atoms with Gasteiger partial charge in [-0.2, -0.15) is 0 Å². The molecule has 21 heavy (non-hydrogen) atoms. The molecule has 0 amide bonds. The Kier molecular flexibility index (Phi) is 6.17. The SMILES string of the molecule is CN(CC(=O)O)CC1CN(Cc2ccccc2Br)CCO1. The highest BCUT2D eigenvalue weighted by molar-refractivity contribution is 9.10. The second kappa shape index (κ2) is 7.89. The Bertz CT molecular complexity index is 484. The van der Waals surface area contributed by atoms with Crippen molar-refractivity contribution in [2.24, 2.45) is 0 Å². The molecule has 0 aliphatic carbocycles. The Morgan fingerprint density at radius 3 is 3.00 bits per heavy atom. The van der Waals surface area contributed by atoms with E-state index < -0.39 is 5.97 Å². The van der Waals surface area contributed by atoms with Gasteiger partial charge in [0.05, 0.1) is 19.3 Å². The first-order valence-electron chi connectivity index (χ1n) is 7.02. The zero-order chi connectivity index (χ0) is 15.2. The zero-order valence-electron chi connectivity index (χ0n) is 12.2. The van der Waals surface area contributed by atoms with Crippen LogP contribution in [-0.2, 0) is 16.1 Å². The second-order valence-electron chi connectivity index (χ2n) is 5.41. The number of ether oxygens (including phenoxy) is 1. The minimum atomic E-state index is -0.807. The number of carboxylic acid groups (broad SMARTS) is 1. The molecule has 1 heterocycles. The van der Waals surface area contributed by atoms with Crippen molar-refractivity contribution in [3.8, 4) is 0 Å². The van der Waals surface area contributed by atoms with Gasteiger partial charge in [-0.25, -0.2) is 0 Å². The maximum atomic E-state index is 10.7. The van der Waals surface area contributed by atoms with Crippen molar-refractivity contribution in [3.05, 3.63) is 34.3 Å². The smallest absolute Gasteiger partial charge is 0.317 e. The Labute approximate surface area is 133 Å². The van der Waals surface area contributed by atoms with Crippen LogP contribution in [0.3, 0.4) is 0 Å². The van der Waals surface area contributed by atoms with Crippen LogP contribution in [0.25, 0.3) is 0 Å². The van der Waals surface area contributed by atoms with E-state index in [0.29, 0.717) is 13.2 Å². The lowest BCUT2D eigenvalue weighted by Crippen LogP contribution is -2.47. The third-order valence-electron chi connectivity index (χ3n) is 3.50. The Balaban J connectivity index is 1.86. The predicted octanol–water partition coefficient (Wildman–Crippen LogP) is 1.67. The summed E-state index contributed by atoms with van der Waals surface area (Å²) in [4.78, 5) is 14.8. The molecule has 1 aromatic rings. The van der Waals surface area contributed by atoms with Gasteiger partial charge >= 0.3 is 5.97 Å². The third-order valence-corrected chi connectivity index (χ3v) is 4.27. The number of likely N-dealkylation sites (N-methyl/N-ethyl adjacent to an activating group) is 1. The molecule has 1 saturated heterocycles. The second-order valence-corrected chi connectivity index (χ2v) is 6.26. The summed E-state index contributed by atoms with van der Waals surface area (Å²) >= 11 is 3.57. The quantitative estimate of drug-likeness (QED) is 0.840. The van der Waals surface area contributed by atoms with Crippen molar-refractivity contribution in [2.75, 3.05) is 39.8 Å². The number of aliphatic carboxylic acids is 1. The molecule has 0 bridgehead atoms. The fraction of sp³-hybridized carbons (Fsp3) is 0.533. The van der Waals surface area contributed by atoms with Gasteiger partial charge in [-0.3, -0.25) is 14.6 Å². The molecule has 6 heteroatoms. The summed E-state index contributed by atoms with van der Waals surface area (Å²) in [6.45, 7) is 3.98. The molecule has 1 unspecified atom stereocenters. The largest absolute Gasteiger partial charge is 0.480 e. The molecular weight excluding hydrogens is 336 g/mol. The number of nitrogens with zero attached hydrogens (tertiary/aromatic N) is 2. The number of rotatable bonds is 6. The van der Waals surface area contributed by atoms with Gasteiger partial charge in [-0.05, 0) is 18.7 Å². The van der Waals surface area contributed by atoms with Crippen molar-refractivity contribution < 1.29 is 14.6 Å². The number of carboxylic acids is 1. The summed E-state index contributed by atoms with van der Waals surface area (Å²) in [7, 11) is 1.81. The van der Waals surface area contributed by atoms with Crippen LogP contribution in [0.5, 0.6) is 0 Å². The summed E-state index contributed by atoms with van der Waals surface area (Å²) in [5.74, 6) is -0.807. The molecule has 1 atom stereocenters. The molecule has 0 aromatic heterocycles. The van der Waals surface area contributed by atoms with E-state index in [2.05, 4.69) is 26.9 Å². The Morgan fingerprint density at radius 1 is 1.52 bits per heavy atom. The molecule has 1 aromatic carbocycles. The first kappa shape index (κ1) is 16.4. The van der Waals surface area contributed by atoms with E-state index in [9.17, 15) is 4.79 Å². The molecule has 1 aliphatic rings. The number of morpholine rings is 1. The zero-order valence-corrected chi connectivity index (χ0v) is 13.8.